The lowest BCUT2D eigenvalue weighted by molar-refractivity contribution is 0.669. The fraction of sp³-hybridized carbons (Fsp3) is 0.0154. The number of anilines is 3. The van der Waals surface area contributed by atoms with E-state index in [1.165, 1.54) is 49.9 Å². The summed E-state index contributed by atoms with van der Waals surface area (Å²) >= 11 is 0. The SMILES string of the molecule is c1ccc(N(c2ccc(-c3ccc4oc5ccccc5c4c3)cc2)c2cccc3c2-c2ccccc2C32c3ccccc3-c3ccccc32)c(-c2cccc3c2oc2cc4ccccc4cc23)c1. The molecule has 1 spiro atoms. The molecule has 2 aliphatic carbocycles. The predicted octanol–water partition coefficient (Wildman–Crippen LogP) is 17.8. The number of furan rings is 2. The van der Waals surface area contributed by atoms with Gasteiger partial charge in [0, 0.05) is 43.9 Å². The van der Waals surface area contributed by atoms with Gasteiger partial charge in [-0.3, -0.25) is 0 Å². The number of rotatable bonds is 5. The molecule has 2 heterocycles. The number of hydrogen-bond acceptors (Lipinski definition) is 3. The second kappa shape index (κ2) is 14.0. The van der Waals surface area contributed by atoms with Crippen molar-refractivity contribution in [1.82, 2.24) is 0 Å². The third-order valence-corrected chi connectivity index (χ3v) is 14.9. The van der Waals surface area contributed by atoms with Gasteiger partial charge in [-0.05, 0) is 115 Å². The highest BCUT2D eigenvalue weighted by atomic mass is 16.3. The summed E-state index contributed by atoms with van der Waals surface area (Å²) in [6.07, 6.45) is 0. The lowest BCUT2D eigenvalue weighted by Gasteiger charge is -2.32. The minimum absolute atomic E-state index is 0.483. The fourth-order valence-electron chi connectivity index (χ4n) is 12.0. The quantitative estimate of drug-likeness (QED) is 0.173. The van der Waals surface area contributed by atoms with E-state index in [2.05, 4.69) is 229 Å². The Bertz CT molecular complexity index is 4180. The van der Waals surface area contributed by atoms with Crippen LogP contribution in [0.25, 0.3) is 99.2 Å². The van der Waals surface area contributed by atoms with Crippen molar-refractivity contribution < 1.29 is 8.83 Å². The van der Waals surface area contributed by atoms with Crippen molar-refractivity contribution in [3.63, 3.8) is 0 Å². The van der Waals surface area contributed by atoms with E-state index >= 15 is 0 Å². The molecule has 3 heteroatoms. The van der Waals surface area contributed by atoms with Crippen LogP contribution in [0.5, 0.6) is 0 Å². The molecule has 2 aromatic heterocycles. The van der Waals surface area contributed by atoms with Crippen LogP contribution < -0.4 is 4.90 Å². The molecular weight excluding hydrogens is 827 g/mol. The van der Waals surface area contributed by atoms with Crippen LogP contribution in [0.2, 0.25) is 0 Å². The second-order valence-corrected chi connectivity index (χ2v) is 18.3. The first-order valence-corrected chi connectivity index (χ1v) is 23.4. The van der Waals surface area contributed by atoms with Crippen LogP contribution in [0.3, 0.4) is 0 Å². The van der Waals surface area contributed by atoms with Crippen LogP contribution in [-0.2, 0) is 5.41 Å². The Morgan fingerprint density at radius 3 is 1.65 bits per heavy atom. The molecule has 0 bridgehead atoms. The Kier molecular flexibility index (Phi) is 7.71. The Morgan fingerprint density at radius 2 is 0.853 bits per heavy atom. The summed E-state index contributed by atoms with van der Waals surface area (Å²) in [7, 11) is 0. The van der Waals surface area contributed by atoms with Crippen LogP contribution in [-0.4, -0.2) is 0 Å². The van der Waals surface area contributed by atoms with Gasteiger partial charge in [-0.15, -0.1) is 0 Å². The zero-order valence-corrected chi connectivity index (χ0v) is 36.8. The maximum atomic E-state index is 6.93. The lowest BCUT2D eigenvalue weighted by Crippen LogP contribution is -2.26. The molecule has 68 heavy (non-hydrogen) atoms. The molecule has 316 valence electrons. The number of nitrogens with zero attached hydrogens (tertiary/aromatic N) is 1. The lowest BCUT2D eigenvalue weighted by atomic mass is 9.70. The maximum absolute atomic E-state index is 6.93. The van der Waals surface area contributed by atoms with Gasteiger partial charge in [0.05, 0.1) is 16.8 Å². The van der Waals surface area contributed by atoms with Gasteiger partial charge in [0.25, 0.3) is 0 Å². The van der Waals surface area contributed by atoms with E-state index in [9.17, 15) is 0 Å². The van der Waals surface area contributed by atoms with Crippen LogP contribution in [0.4, 0.5) is 17.1 Å². The van der Waals surface area contributed by atoms with Crippen molar-refractivity contribution in [1.29, 1.82) is 0 Å². The monoisotopic (exact) mass is 865 g/mol. The molecule has 0 amide bonds. The van der Waals surface area contributed by atoms with Gasteiger partial charge in [0.1, 0.15) is 22.3 Å². The average molecular weight is 866 g/mol. The van der Waals surface area contributed by atoms with E-state index in [0.29, 0.717) is 0 Å². The van der Waals surface area contributed by atoms with Crippen molar-refractivity contribution in [3.8, 4) is 44.5 Å². The summed E-state index contributed by atoms with van der Waals surface area (Å²) in [6, 6.07) is 86.4. The van der Waals surface area contributed by atoms with Crippen molar-refractivity contribution in [3.05, 3.63) is 259 Å². The minimum Gasteiger partial charge on any atom is -0.456 e. The molecular formula is C65H39NO2. The Hall–Kier alpha value is -8.92. The summed E-state index contributed by atoms with van der Waals surface area (Å²) in [5.41, 5.74) is 21.0. The zero-order chi connectivity index (χ0) is 44.5. The highest BCUT2D eigenvalue weighted by Crippen LogP contribution is 2.65. The maximum Gasteiger partial charge on any atom is 0.143 e. The van der Waals surface area contributed by atoms with E-state index in [-0.39, 0.29) is 0 Å². The second-order valence-electron chi connectivity index (χ2n) is 18.3. The summed E-state index contributed by atoms with van der Waals surface area (Å²) in [5, 5.41) is 6.83. The number of benzene rings is 11. The standard InChI is InChI=1S/C65H39NO2/c1-2-16-42-39-62-53(37-41(42)15-1)50-23-13-22-49(64(50)68-62)47-19-6-11-28-58(47)66(44-34-31-40(32-35-44)43-33-36-61-52(38-43)48-20-7-12-30-60(48)67-61)59-29-14-27-57-63(59)51-21-5-10-26-56(51)65(57)54-24-8-3-17-45(54)46-18-4-9-25-55(46)65/h1-39H. The molecule has 0 atom stereocenters. The molecule has 0 saturated carbocycles. The first-order valence-electron chi connectivity index (χ1n) is 23.4. The van der Waals surface area contributed by atoms with Gasteiger partial charge in [0.2, 0.25) is 0 Å². The summed E-state index contributed by atoms with van der Waals surface area (Å²) in [5.74, 6) is 0. The van der Waals surface area contributed by atoms with Crippen molar-refractivity contribution >= 4 is 71.7 Å². The summed E-state index contributed by atoms with van der Waals surface area (Å²) in [6.45, 7) is 0. The molecule has 3 nitrogen and oxygen atoms in total. The van der Waals surface area contributed by atoms with Crippen LogP contribution in [0.1, 0.15) is 22.3 Å². The Morgan fingerprint density at radius 1 is 0.309 bits per heavy atom. The predicted molar refractivity (Wildman–Crippen MR) is 280 cm³/mol. The number of para-hydroxylation sites is 3. The van der Waals surface area contributed by atoms with Gasteiger partial charge in [0.15, 0.2) is 0 Å². The molecule has 0 fully saturated rings. The smallest absolute Gasteiger partial charge is 0.143 e. The largest absolute Gasteiger partial charge is 0.456 e. The molecule has 0 aliphatic heterocycles. The zero-order valence-electron chi connectivity index (χ0n) is 36.8. The van der Waals surface area contributed by atoms with Gasteiger partial charge >= 0.3 is 0 Å². The van der Waals surface area contributed by atoms with Crippen LogP contribution >= 0.6 is 0 Å². The van der Waals surface area contributed by atoms with E-state index in [1.807, 2.05) is 12.1 Å². The van der Waals surface area contributed by atoms with Crippen molar-refractivity contribution in [2.45, 2.75) is 5.41 Å². The molecule has 11 aromatic carbocycles. The van der Waals surface area contributed by atoms with Crippen molar-refractivity contribution in [2.24, 2.45) is 0 Å². The molecule has 0 saturated heterocycles. The Balaban J connectivity index is 0.979. The number of fused-ring (bicyclic) bond motifs is 17. The topological polar surface area (TPSA) is 29.5 Å². The van der Waals surface area contributed by atoms with E-state index in [0.717, 1.165) is 88.6 Å². The molecule has 13 aromatic rings. The number of hydrogen-bond donors (Lipinski definition) is 0. The molecule has 15 rings (SSSR count). The van der Waals surface area contributed by atoms with Gasteiger partial charge in [-0.2, -0.15) is 0 Å². The van der Waals surface area contributed by atoms with E-state index < -0.39 is 5.41 Å². The molecule has 0 N–H and O–H groups in total. The third kappa shape index (κ3) is 5.07. The highest BCUT2D eigenvalue weighted by molar-refractivity contribution is 6.14. The minimum atomic E-state index is -0.483. The normalized spacial score (nSPS) is 13.1. The first-order chi connectivity index (χ1) is 33.7. The van der Waals surface area contributed by atoms with Gasteiger partial charge in [-0.25, -0.2) is 0 Å². The first kappa shape index (κ1) is 37.3. The summed E-state index contributed by atoms with van der Waals surface area (Å²) < 4.78 is 13.2. The van der Waals surface area contributed by atoms with Crippen molar-refractivity contribution in [2.75, 3.05) is 4.90 Å². The highest BCUT2D eigenvalue weighted by Gasteiger charge is 2.52. The van der Waals surface area contributed by atoms with E-state index in [4.69, 9.17) is 8.83 Å². The Labute approximate surface area is 392 Å². The van der Waals surface area contributed by atoms with Gasteiger partial charge in [-0.1, -0.05) is 182 Å². The van der Waals surface area contributed by atoms with E-state index in [1.54, 1.807) is 0 Å². The van der Waals surface area contributed by atoms with Crippen LogP contribution in [0.15, 0.2) is 245 Å². The fourth-order valence-corrected chi connectivity index (χ4v) is 12.0. The average Bonchev–Trinajstić information content (AvgIpc) is 4.13. The van der Waals surface area contributed by atoms with Gasteiger partial charge < -0.3 is 13.7 Å². The van der Waals surface area contributed by atoms with Crippen LogP contribution in [0, 0.1) is 0 Å². The molecule has 2 aliphatic rings. The molecule has 0 radical (unpaired) electrons. The third-order valence-electron chi connectivity index (χ3n) is 14.9. The molecule has 0 unspecified atom stereocenters. The summed E-state index contributed by atoms with van der Waals surface area (Å²) in [4.78, 5) is 2.49.